The van der Waals surface area contributed by atoms with Crippen LogP contribution in [0.15, 0.2) is 18.2 Å². The van der Waals surface area contributed by atoms with E-state index in [0.29, 0.717) is 11.3 Å². The Labute approximate surface area is 117 Å². The number of esters is 1. The first-order chi connectivity index (χ1) is 8.86. The fourth-order valence-electron chi connectivity index (χ4n) is 1.71. The maximum atomic E-state index is 13.3. The van der Waals surface area contributed by atoms with Gasteiger partial charge < -0.3 is 15.4 Å². The number of nitrogens with zero attached hydrogens (tertiary/aromatic N) is 1. The van der Waals surface area contributed by atoms with Gasteiger partial charge in [0.2, 0.25) is 0 Å². The first kappa shape index (κ1) is 15.4. The highest BCUT2D eigenvalue weighted by Gasteiger charge is 2.19. The van der Waals surface area contributed by atoms with Gasteiger partial charge in [0, 0.05) is 17.3 Å². The van der Waals surface area contributed by atoms with Crippen LogP contribution in [0.3, 0.4) is 0 Å². The summed E-state index contributed by atoms with van der Waals surface area (Å²) < 4.78 is 17.9. The van der Waals surface area contributed by atoms with E-state index >= 15 is 0 Å². The lowest BCUT2D eigenvalue weighted by molar-refractivity contribution is -0.139. The molecule has 0 unspecified atom stereocenters. The molecule has 0 heterocycles. The molecule has 104 valence electrons. The molecule has 0 bridgehead atoms. The standard InChI is InChI=1S/C13H17FN2O2S/c1-8(2)16(7-12(17)18-3)11-5-4-9(14)6-10(11)13(15)19/h4-6,8H,7H2,1-3H3,(H2,15,19). The lowest BCUT2D eigenvalue weighted by Crippen LogP contribution is -2.37. The van der Waals surface area contributed by atoms with Gasteiger partial charge in [-0.2, -0.15) is 0 Å². The molecule has 0 saturated heterocycles. The zero-order valence-electron chi connectivity index (χ0n) is 11.1. The Hall–Kier alpha value is -1.69. The molecule has 0 fully saturated rings. The zero-order chi connectivity index (χ0) is 14.6. The third-order valence-electron chi connectivity index (χ3n) is 2.68. The van der Waals surface area contributed by atoms with Crippen LogP contribution in [0.2, 0.25) is 0 Å². The maximum Gasteiger partial charge on any atom is 0.325 e. The van der Waals surface area contributed by atoms with Gasteiger partial charge in [0.25, 0.3) is 0 Å². The second-order valence-corrected chi connectivity index (χ2v) is 4.76. The summed E-state index contributed by atoms with van der Waals surface area (Å²) in [4.78, 5) is 13.3. The Morgan fingerprint density at radius 1 is 1.53 bits per heavy atom. The van der Waals surface area contributed by atoms with Gasteiger partial charge in [-0.3, -0.25) is 4.79 Å². The largest absolute Gasteiger partial charge is 0.468 e. The van der Waals surface area contributed by atoms with Crippen LogP contribution >= 0.6 is 12.2 Å². The maximum absolute atomic E-state index is 13.3. The van der Waals surface area contributed by atoms with E-state index < -0.39 is 5.82 Å². The summed E-state index contributed by atoms with van der Waals surface area (Å²) in [6.45, 7) is 3.88. The van der Waals surface area contributed by atoms with Crippen molar-refractivity contribution in [2.75, 3.05) is 18.6 Å². The van der Waals surface area contributed by atoms with Crippen molar-refractivity contribution in [3.8, 4) is 0 Å². The Morgan fingerprint density at radius 2 is 2.16 bits per heavy atom. The second kappa shape index (κ2) is 6.47. The average Bonchev–Trinajstić information content (AvgIpc) is 2.35. The minimum atomic E-state index is -0.423. The molecule has 0 aromatic heterocycles. The van der Waals surface area contributed by atoms with Gasteiger partial charge in [0.1, 0.15) is 17.4 Å². The van der Waals surface area contributed by atoms with Gasteiger partial charge in [0.05, 0.1) is 7.11 Å². The molecule has 2 N–H and O–H groups in total. The van der Waals surface area contributed by atoms with E-state index in [-0.39, 0.29) is 23.5 Å². The van der Waals surface area contributed by atoms with Gasteiger partial charge in [0.15, 0.2) is 0 Å². The first-order valence-corrected chi connectivity index (χ1v) is 6.20. The molecule has 1 aromatic rings. The first-order valence-electron chi connectivity index (χ1n) is 5.79. The van der Waals surface area contributed by atoms with E-state index in [0.717, 1.165) is 0 Å². The normalized spacial score (nSPS) is 10.4. The number of carbonyl (C=O) groups is 1. The number of ether oxygens (including phenoxy) is 1. The summed E-state index contributed by atoms with van der Waals surface area (Å²) in [6.07, 6.45) is 0. The van der Waals surface area contributed by atoms with Crippen molar-refractivity contribution in [1.29, 1.82) is 0 Å². The molecule has 0 atom stereocenters. The van der Waals surface area contributed by atoms with Crippen LogP contribution in [0.25, 0.3) is 0 Å². The number of hydrogen-bond acceptors (Lipinski definition) is 4. The van der Waals surface area contributed by atoms with Gasteiger partial charge in [-0.1, -0.05) is 12.2 Å². The highest BCUT2D eigenvalue weighted by molar-refractivity contribution is 7.80. The van der Waals surface area contributed by atoms with Crippen LogP contribution in [0.4, 0.5) is 10.1 Å². The lowest BCUT2D eigenvalue weighted by atomic mass is 10.1. The molecule has 0 spiro atoms. The Morgan fingerprint density at radius 3 is 2.63 bits per heavy atom. The van der Waals surface area contributed by atoms with E-state index in [9.17, 15) is 9.18 Å². The van der Waals surface area contributed by atoms with E-state index in [4.69, 9.17) is 18.0 Å². The SMILES string of the molecule is COC(=O)CN(c1ccc(F)cc1C(N)=S)C(C)C. The monoisotopic (exact) mass is 284 g/mol. The molecule has 0 aliphatic heterocycles. The van der Waals surface area contributed by atoms with Crippen LogP contribution in [0, 0.1) is 5.82 Å². The number of anilines is 1. The second-order valence-electron chi connectivity index (χ2n) is 4.32. The number of hydrogen-bond donors (Lipinski definition) is 1. The van der Waals surface area contributed by atoms with E-state index in [2.05, 4.69) is 4.74 Å². The van der Waals surface area contributed by atoms with Gasteiger partial charge in [-0.15, -0.1) is 0 Å². The average molecular weight is 284 g/mol. The summed E-state index contributed by atoms with van der Waals surface area (Å²) >= 11 is 4.93. The Balaban J connectivity index is 3.22. The van der Waals surface area contributed by atoms with Crippen molar-refractivity contribution in [2.45, 2.75) is 19.9 Å². The molecule has 1 rings (SSSR count). The number of nitrogens with two attached hydrogens (primary N) is 1. The van der Waals surface area contributed by atoms with Crippen molar-refractivity contribution in [1.82, 2.24) is 0 Å². The van der Waals surface area contributed by atoms with Crippen molar-refractivity contribution in [2.24, 2.45) is 5.73 Å². The highest BCUT2D eigenvalue weighted by Crippen LogP contribution is 2.23. The Bertz CT molecular complexity index is 492. The minimum absolute atomic E-state index is 0.0117. The van der Waals surface area contributed by atoms with Crippen LogP contribution in [0.1, 0.15) is 19.4 Å². The molecule has 6 heteroatoms. The quantitative estimate of drug-likeness (QED) is 0.660. The third-order valence-corrected chi connectivity index (χ3v) is 2.90. The number of thiocarbonyl (C=S) groups is 1. The van der Waals surface area contributed by atoms with Crippen molar-refractivity contribution in [3.63, 3.8) is 0 Å². The number of benzene rings is 1. The molecule has 19 heavy (non-hydrogen) atoms. The molecular formula is C13H17FN2O2S. The van der Waals surface area contributed by atoms with Crippen molar-refractivity contribution in [3.05, 3.63) is 29.6 Å². The Kier molecular flexibility index (Phi) is 5.23. The molecule has 4 nitrogen and oxygen atoms in total. The molecule has 0 aliphatic carbocycles. The highest BCUT2D eigenvalue weighted by atomic mass is 32.1. The smallest absolute Gasteiger partial charge is 0.325 e. The fourth-order valence-corrected chi connectivity index (χ4v) is 1.87. The molecule has 0 amide bonds. The number of methoxy groups -OCH3 is 1. The predicted molar refractivity (Wildman–Crippen MR) is 76.8 cm³/mol. The number of carbonyl (C=O) groups excluding carboxylic acids is 1. The topological polar surface area (TPSA) is 55.6 Å². The number of halogens is 1. The summed E-state index contributed by atoms with van der Waals surface area (Å²) in [5.41, 5.74) is 6.64. The van der Waals surface area contributed by atoms with Crippen LogP contribution in [-0.4, -0.2) is 30.7 Å². The molecule has 0 radical (unpaired) electrons. The van der Waals surface area contributed by atoms with Gasteiger partial charge in [-0.05, 0) is 32.0 Å². The summed E-state index contributed by atoms with van der Waals surface area (Å²) in [7, 11) is 1.32. The molecule has 1 aromatic carbocycles. The molecule has 0 saturated carbocycles. The summed E-state index contributed by atoms with van der Waals surface area (Å²) in [6, 6.07) is 4.15. The van der Waals surface area contributed by atoms with Gasteiger partial charge in [-0.25, -0.2) is 4.39 Å². The van der Waals surface area contributed by atoms with E-state index in [1.165, 1.54) is 19.2 Å². The fraction of sp³-hybridized carbons (Fsp3) is 0.385. The number of rotatable bonds is 5. The molecule has 0 aliphatic rings. The van der Waals surface area contributed by atoms with Crippen molar-refractivity contribution >= 4 is 28.9 Å². The van der Waals surface area contributed by atoms with Crippen LogP contribution in [-0.2, 0) is 9.53 Å². The summed E-state index contributed by atoms with van der Waals surface area (Å²) in [5, 5.41) is 0. The van der Waals surface area contributed by atoms with E-state index in [1.54, 1.807) is 11.0 Å². The summed E-state index contributed by atoms with van der Waals surface area (Å²) in [5.74, 6) is -0.805. The molecular weight excluding hydrogens is 267 g/mol. The third kappa shape index (κ3) is 3.89. The lowest BCUT2D eigenvalue weighted by Gasteiger charge is -2.29. The van der Waals surface area contributed by atoms with Crippen LogP contribution in [0.5, 0.6) is 0 Å². The predicted octanol–water partition coefficient (Wildman–Crippen LogP) is 1.85. The zero-order valence-corrected chi connectivity index (χ0v) is 12.0. The minimum Gasteiger partial charge on any atom is -0.468 e. The van der Waals surface area contributed by atoms with Gasteiger partial charge >= 0.3 is 5.97 Å². The van der Waals surface area contributed by atoms with Crippen LogP contribution < -0.4 is 10.6 Å². The van der Waals surface area contributed by atoms with E-state index in [1.807, 2.05) is 13.8 Å². The van der Waals surface area contributed by atoms with Crippen molar-refractivity contribution < 1.29 is 13.9 Å².